The monoisotopic (exact) mass is 730 g/mol. The predicted molar refractivity (Wildman–Crippen MR) is 167 cm³/mol. The number of benzene rings is 4. The topological polar surface area (TPSA) is 31.8 Å². The van der Waals surface area contributed by atoms with Gasteiger partial charge in [0.25, 0.3) is 0 Å². The van der Waals surface area contributed by atoms with Crippen LogP contribution in [0.25, 0.3) is 0 Å². The zero-order valence-electron chi connectivity index (χ0n) is 23.7. The minimum absolute atomic E-state index is 0. The molecule has 0 saturated carbocycles. The third kappa shape index (κ3) is 6.58. The number of anilines is 5. The molecule has 42 heavy (non-hydrogen) atoms. The zero-order chi connectivity index (χ0) is 28.2. The Balaban J connectivity index is 0.00000353. The van der Waals surface area contributed by atoms with Gasteiger partial charge in [-0.2, -0.15) is 12.1 Å². The van der Waals surface area contributed by atoms with Crippen LogP contribution >= 0.6 is 0 Å². The Morgan fingerprint density at radius 1 is 0.714 bits per heavy atom. The molecule has 0 amide bonds. The first-order valence-electron chi connectivity index (χ1n) is 13.6. The fraction of sp³-hybridized carbons (Fsp3) is 0.111. The van der Waals surface area contributed by atoms with Gasteiger partial charge in [-0.25, -0.2) is 4.98 Å². The molecular weight excluding hydrogens is 700 g/mol. The number of hydrogen-bond donors (Lipinski definition) is 0. The van der Waals surface area contributed by atoms with E-state index in [1.807, 2.05) is 96.8 Å². The third-order valence-electron chi connectivity index (χ3n) is 6.81. The van der Waals surface area contributed by atoms with Crippen LogP contribution in [0.4, 0.5) is 28.6 Å². The Hall–Kier alpha value is -4.34. The van der Waals surface area contributed by atoms with Gasteiger partial charge in [0.2, 0.25) is 0 Å². The molecule has 1 aromatic heterocycles. The van der Waals surface area contributed by atoms with Crippen molar-refractivity contribution < 1.29 is 25.8 Å². The van der Waals surface area contributed by atoms with Crippen molar-refractivity contribution in [2.24, 2.45) is 0 Å². The fourth-order valence-electron chi connectivity index (χ4n) is 4.63. The number of pyridine rings is 1. The molecule has 6 rings (SSSR count). The molecule has 214 valence electrons. The summed E-state index contributed by atoms with van der Waals surface area (Å²) < 4.78 is 6.26. The summed E-state index contributed by atoms with van der Waals surface area (Å²) in [6, 6.07) is 43.3. The smallest absolute Gasteiger partial charge is 0.135 e. The Labute approximate surface area is 263 Å². The Kier molecular flexibility index (Phi) is 8.80. The predicted octanol–water partition coefficient (Wildman–Crippen LogP) is 9.16. The average Bonchev–Trinajstić information content (AvgIpc) is 3.49. The number of rotatable bonds is 7. The summed E-state index contributed by atoms with van der Waals surface area (Å²) in [6.07, 6.45) is 5.85. The summed E-state index contributed by atoms with van der Waals surface area (Å²) in [5.41, 5.74) is 5.23. The van der Waals surface area contributed by atoms with E-state index in [0.29, 0.717) is 11.5 Å². The Bertz CT molecular complexity index is 1590. The van der Waals surface area contributed by atoms with Crippen molar-refractivity contribution in [3.63, 3.8) is 0 Å². The normalized spacial score (nSPS) is 12.6. The SMILES string of the molecule is CC(C)(C)c1ccc(N2C=CN(c3[c-]c(Oc4[c-]c(N(c5ccccc5)c5ccccn5)ccc4)ccc3)[CH-]2)cc1.[Pt]. The van der Waals surface area contributed by atoms with Crippen molar-refractivity contribution in [3.8, 4) is 11.5 Å². The summed E-state index contributed by atoms with van der Waals surface area (Å²) in [5, 5.41) is 0. The van der Waals surface area contributed by atoms with Crippen molar-refractivity contribution >= 4 is 28.6 Å². The van der Waals surface area contributed by atoms with Crippen LogP contribution in [0, 0.1) is 18.8 Å². The maximum absolute atomic E-state index is 6.26. The molecule has 0 saturated heterocycles. The third-order valence-corrected chi connectivity index (χ3v) is 6.81. The van der Waals surface area contributed by atoms with E-state index in [4.69, 9.17) is 4.74 Å². The molecular formula is C36H31N4OPt-3. The van der Waals surface area contributed by atoms with E-state index in [1.54, 1.807) is 6.20 Å². The molecule has 4 aromatic carbocycles. The summed E-state index contributed by atoms with van der Waals surface area (Å²) in [5.74, 6) is 2.00. The fourth-order valence-corrected chi connectivity index (χ4v) is 4.63. The van der Waals surface area contributed by atoms with Gasteiger partial charge in [-0.3, -0.25) is 0 Å². The maximum Gasteiger partial charge on any atom is 0.135 e. The molecule has 0 bridgehead atoms. The van der Waals surface area contributed by atoms with Crippen LogP contribution in [0.15, 0.2) is 128 Å². The van der Waals surface area contributed by atoms with E-state index in [2.05, 4.69) is 84.1 Å². The molecule has 5 aromatic rings. The quantitative estimate of drug-likeness (QED) is 0.156. The van der Waals surface area contributed by atoms with Gasteiger partial charge >= 0.3 is 0 Å². The van der Waals surface area contributed by atoms with Crippen molar-refractivity contribution in [2.75, 3.05) is 14.7 Å². The van der Waals surface area contributed by atoms with Crippen molar-refractivity contribution in [2.45, 2.75) is 26.2 Å². The molecule has 0 aliphatic carbocycles. The summed E-state index contributed by atoms with van der Waals surface area (Å²) in [7, 11) is 0. The molecule has 0 unspecified atom stereocenters. The first-order valence-corrected chi connectivity index (χ1v) is 13.6. The molecule has 5 nitrogen and oxygen atoms in total. The van der Waals surface area contributed by atoms with E-state index in [0.717, 1.165) is 28.6 Å². The van der Waals surface area contributed by atoms with E-state index in [9.17, 15) is 0 Å². The van der Waals surface area contributed by atoms with Gasteiger partial charge < -0.3 is 19.4 Å². The largest absolute Gasteiger partial charge is 0.509 e. The number of hydrogen-bond acceptors (Lipinski definition) is 5. The minimum Gasteiger partial charge on any atom is -0.509 e. The summed E-state index contributed by atoms with van der Waals surface area (Å²) >= 11 is 0. The molecule has 1 aliphatic heterocycles. The first-order chi connectivity index (χ1) is 19.9. The van der Waals surface area contributed by atoms with Gasteiger partial charge in [0.15, 0.2) is 0 Å². The molecule has 2 heterocycles. The average molecular weight is 731 g/mol. The van der Waals surface area contributed by atoms with Gasteiger partial charge in [0.05, 0.1) is 0 Å². The van der Waals surface area contributed by atoms with Crippen molar-refractivity contribution in [1.29, 1.82) is 0 Å². The minimum atomic E-state index is 0. The van der Waals surface area contributed by atoms with Crippen LogP contribution in [0.2, 0.25) is 0 Å². The van der Waals surface area contributed by atoms with E-state index < -0.39 is 0 Å². The van der Waals surface area contributed by atoms with Gasteiger partial charge in [-0.05, 0) is 59.8 Å². The Morgan fingerprint density at radius 2 is 1.40 bits per heavy atom. The van der Waals surface area contributed by atoms with E-state index in [1.165, 1.54) is 5.56 Å². The number of ether oxygens (including phenoxy) is 1. The van der Waals surface area contributed by atoms with Crippen LogP contribution in [-0.2, 0) is 26.5 Å². The number of nitrogens with zero attached hydrogens (tertiary/aromatic N) is 4. The molecule has 1 aliphatic rings. The van der Waals surface area contributed by atoms with E-state index in [-0.39, 0.29) is 26.5 Å². The molecule has 0 N–H and O–H groups in total. The molecule has 0 radical (unpaired) electrons. The summed E-state index contributed by atoms with van der Waals surface area (Å²) in [6.45, 7) is 8.72. The van der Waals surface area contributed by atoms with Crippen LogP contribution < -0.4 is 19.4 Å². The van der Waals surface area contributed by atoms with Crippen LogP contribution in [0.3, 0.4) is 0 Å². The second-order valence-corrected chi connectivity index (χ2v) is 10.8. The van der Waals surface area contributed by atoms with Gasteiger partial charge in [0, 0.05) is 50.1 Å². The van der Waals surface area contributed by atoms with Gasteiger partial charge in [0.1, 0.15) is 5.82 Å². The Morgan fingerprint density at radius 3 is 2.12 bits per heavy atom. The zero-order valence-corrected chi connectivity index (χ0v) is 26.0. The van der Waals surface area contributed by atoms with E-state index >= 15 is 0 Å². The van der Waals surface area contributed by atoms with Crippen molar-refractivity contribution in [1.82, 2.24) is 4.98 Å². The molecule has 0 fully saturated rings. The van der Waals surface area contributed by atoms with Crippen LogP contribution in [0.1, 0.15) is 26.3 Å². The standard InChI is InChI=1S/C36H31N4O.Pt/c1-36(2,3)28-18-20-29(21-19-28)38-23-24-39(27-38)31-13-9-15-33(25-31)41-34-16-10-14-32(26-34)40(30-11-5-4-6-12-30)35-17-7-8-22-37-35;/h4-24,27H,1-3H3;/q-3;. The number of aromatic nitrogens is 1. The van der Waals surface area contributed by atoms with Gasteiger partial charge in [-0.15, -0.1) is 48.8 Å². The van der Waals surface area contributed by atoms with Crippen molar-refractivity contribution in [3.05, 3.63) is 152 Å². The van der Waals surface area contributed by atoms with Crippen LogP contribution in [-0.4, -0.2) is 4.98 Å². The second-order valence-electron chi connectivity index (χ2n) is 10.8. The second kappa shape index (κ2) is 12.7. The molecule has 0 atom stereocenters. The van der Waals surface area contributed by atoms with Gasteiger partial charge in [-0.1, -0.05) is 62.9 Å². The molecule has 0 spiro atoms. The number of para-hydroxylation sites is 1. The summed E-state index contributed by atoms with van der Waals surface area (Å²) in [4.78, 5) is 10.8. The maximum atomic E-state index is 6.26. The molecule has 6 heteroatoms. The first kappa shape index (κ1) is 29.2. The van der Waals surface area contributed by atoms with Crippen LogP contribution in [0.5, 0.6) is 11.5 Å².